The van der Waals surface area contributed by atoms with Crippen LogP contribution >= 0.6 is 11.3 Å². The van der Waals surface area contributed by atoms with Crippen molar-refractivity contribution in [3.05, 3.63) is 65.0 Å². The molecular weight excluding hydrogens is 520 g/mol. The number of fused-ring (bicyclic) bond motifs is 1. The SMILES string of the molecule is CC(C)CC(NC(=O)c1cc2ccccc2s1)C(=O)N[C@@H]1CCCN(S(=O)(=O)c2ccccc2C#N)CC1. The zero-order valence-corrected chi connectivity index (χ0v) is 23.1. The van der Waals surface area contributed by atoms with Gasteiger partial charge in [-0.15, -0.1) is 11.3 Å². The van der Waals surface area contributed by atoms with E-state index in [2.05, 4.69) is 10.6 Å². The summed E-state index contributed by atoms with van der Waals surface area (Å²) < 4.78 is 28.9. The Bertz CT molecular complexity index is 1430. The third kappa shape index (κ3) is 6.41. The summed E-state index contributed by atoms with van der Waals surface area (Å²) in [4.78, 5) is 26.9. The molecule has 1 saturated heterocycles. The Morgan fingerprint density at radius 1 is 1.11 bits per heavy atom. The van der Waals surface area contributed by atoms with Gasteiger partial charge in [0, 0.05) is 23.8 Å². The molecule has 2 amide bonds. The predicted molar refractivity (Wildman–Crippen MR) is 148 cm³/mol. The summed E-state index contributed by atoms with van der Waals surface area (Å²) in [6.45, 7) is 4.54. The van der Waals surface area contributed by atoms with Crippen molar-refractivity contribution in [2.45, 2.75) is 56.5 Å². The number of benzene rings is 2. The van der Waals surface area contributed by atoms with E-state index < -0.39 is 16.1 Å². The predicted octanol–water partition coefficient (Wildman–Crippen LogP) is 4.28. The Morgan fingerprint density at radius 3 is 2.58 bits per heavy atom. The van der Waals surface area contributed by atoms with Crippen molar-refractivity contribution in [3.8, 4) is 6.07 Å². The Labute approximate surface area is 227 Å². The summed E-state index contributed by atoms with van der Waals surface area (Å²) in [7, 11) is -3.83. The summed E-state index contributed by atoms with van der Waals surface area (Å²) in [6.07, 6.45) is 2.12. The lowest BCUT2D eigenvalue weighted by Crippen LogP contribution is -2.50. The van der Waals surface area contributed by atoms with E-state index in [1.807, 2.05) is 50.2 Å². The number of hydrogen-bond acceptors (Lipinski definition) is 6. The van der Waals surface area contributed by atoms with Crippen LogP contribution < -0.4 is 10.6 Å². The molecule has 2 heterocycles. The van der Waals surface area contributed by atoms with E-state index in [0.29, 0.717) is 37.1 Å². The van der Waals surface area contributed by atoms with E-state index in [-0.39, 0.29) is 40.8 Å². The number of rotatable bonds is 8. The summed E-state index contributed by atoms with van der Waals surface area (Å²) in [6, 6.07) is 16.8. The molecule has 2 atom stereocenters. The number of amides is 2. The summed E-state index contributed by atoms with van der Waals surface area (Å²) in [5.74, 6) is -0.353. The minimum Gasteiger partial charge on any atom is -0.352 e. The lowest BCUT2D eigenvalue weighted by molar-refractivity contribution is -0.124. The molecule has 0 aliphatic carbocycles. The molecule has 0 radical (unpaired) electrons. The van der Waals surface area contributed by atoms with Gasteiger partial charge in [0.15, 0.2) is 0 Å². The molecule has 10 heteroatoms. The molecule has 1 fully saturated rings. The standard InChI is InChI=1S/C28H32N4O4S2/c1-19(2)16-23(31-28(34)25-17-20-8-3-5-11-24(20)37-25)27(33)30-22-10-7-14-32(15-13-22)38(35,36)26-12-6-4-9-21(26)18-29/h3-6,8-9,11-12,17,19,22-23H,7,10,13-16H2,1-2H3,(H,30,33)(H,31,34)/t22-,23?/m1/s1. The normalized spacial score (nSPS) is 17.5. The zero-order valence-electron chi connectivity index (χ0n) is 21.5. The fourth-order valence-corrected chi connectivity index (χ4v) is 7.31. The third-order valence-electron chi connectivity index (χ3n) is 6.64. The van der Waals surface area contributed by atoms with Crippen LogP contribution in [0.2, 0.25) is 0 Å². The minimum atomic E-state index is -3.83. The number of sulfonamides is 1. The van der Waals surface area contributed by atoms with Crippen LogP contribution in [-0.2, 0) is 14.8 Å². The molecule has 0 spiro atoms. The molecule has 2 N–H and O–H groups in total. The molecule has 0 bridgehead atoms. The molecule has 1 aliphatic rings. The lowest BCUT2D eigenvalue weighted by Gasteiger charge is -2.24. The first-order chi connectivity index (χ1) is 18.2. The average molecular weight is 553 g/mol. The van der Waals surface area contributed by atoms with Crippen LogP contribution in [0.3, 0.4) is 0 Å². The van der Waals surface area contributed by atoms with Crippen molar-refractivity contribution in [2.75, 3.05) is 13.1 Å². The number of nitrogens with zero attached hydrogens (tertiary/aromatic N) is 2. The van der Waals surface area contributed by atoms with E-state index in [9.17, 15) is 23.3 Å². The highest BCUT2D eigenvalue weighted by Gasteiger charge is 2.31. The summed E-state index contributed by atoms with van der Waals surface area (Å²) >= 11 is 1.39. The molecule has 200 valence electrons. The lowest BCUT2D eigenvalue weighted by atomic mass is 10.0. The van der Waals surface area contributed by atoms with Gasteiger partial charge in [0.25, 0.3) is 5.91 Å². The highest BCUT2D eigenvalue weighted by Crippen LogP contribution is 2.26. The van der Waals surface area contributed by atoms with Gasteiger partial charge < -0.3 is 10.6 Å². The largest absolute Gasteiger partial charge is 0.352 e. The Hall–Kier alpha value is -3.26. The van der Waals surface area contributed by atoms with Crippen LogP contribution in [-0.4, -0.2) is 49.7 Å². The molecule has 1 unspecified atom stereocenters. The molecule has 0 saturated carbocycles. The number of carbonyl (C=O) groups excluding carboxylic acids is 2. The number of nitrogens with one attached hydrogen (secondary N) is 2. The molecular formula is C28H32N4O4S2. The van der Waals surface area contributed by atoms with Crippen molar-refractivity contribution in [2.24, 2.45) is 5.92 Å². The van der Waals surface area contributed by atoms with Crippen molar-refractivity contribution >= 4 is 43.3 Å². The van der Waals surface area contributed by atoms with Gasteiger partial charge in [-0.05, 0) is 61.3 Å². The van der Waals surface area contributed by atoms with E-state index in [0.717, 1.165) is 10.1 Å². The highest BCUT2D eigenvalue weighted by molar-refractivity contribution is 7.89. The van der Waals surface area contributed by atoms with Gasteiger partial charge in [-0.25, -0.2) is 8.42 Å². The van der Waals surface area contributed by atoms with Crippen LogP contribution in [0.5, 0.6) is 0 Å². The number of thiophene rings is 1. The fourth-order valence-electron chi connectivity index (χ4n) is 4.71. The van der Waals surface area contributed by atoms with E-state index in [4.69, 9.17) is 0 Å². The zero-order chi connectivity index (χ0) is 27.3. The van der Waals surface area contributed by atoms with Gasteiger partial charge in [0.1, 0.15) is 12.1 Å². The average Bonchev–Trinajstić information content (AvgIpc) is 3.20. The maximum Gasteiger partial charge on any atom is 0.262 e. The number of hydrogen-bond donors (Lipinski definition) is 2. The van der Waals surface area contributed by atoms with Gasteiger partial charge in [-0.3, -0.25) is 9.59 Å². The van der Waals surface area contributed by atoms with Gasteiger partial charge >= 0.3 is 0 Å². The van der Waals surface area contributed by atoms with Crippen molar-refractivity contribution < 1.29 is 18.0 Å². The first kappa shape index (κ1) is 27.8. The second kappa shape index (κ2) is 12.1. The molecule has 4 rings (SSSR count). The highest BCUT2D eigenvalue weighted by atomic mass is 32.2. The first-order valence-corrected chi connectivity index (χ1v) is 15.0. The molecule has 1 aliphatic heterocycles. The quantitative estimate of drug-likeness (QED) is 0.432. The summed E-state index contributed by atoms with van der Waals surface area (Å²) in [5, 5.41) is 16.3. The maximum absolute atomic E-state index is 13.3. The Morgan fingerprint density at radius 2 is 1.84 bits per heavy atom. The Balaban J connectivity index is 1.41. The van der Waals surface area contributed by atoms with Gasteiger partial charge in [0.2, 0.25) is 15.9 Å². The van der Waals surface area contributed by atoms with Gasteiger partial charge in [-0.1, -0.05) is 44.2 Å². The second-order valence-corrected chi connectivity index (χ2v) is 12.9. The molecule has 2 aromatic carbocycles. The van der Waals surface area contributed by atoms with Crippen molar-refractivity contribution in [1.82, 2.24) is 14.9 Å². The summed E-state index contributed by atoms with van der Waals surface area (Å²) in [5.41, 5.74) is 0.118. The molecule has 8 nitrogen and oxygen atoms in total. The van der Waals surface area contributed by atoms with Crippen LogP contribution in [0.1, 0.15) is 54.8 Å². The van der Waals surface area contributed by atoms with Crippen molar-refractivity contribution in [1.29, 1.82) is 5.26 Å². The monoisotopic (exact) mass is 552 g/mol. The van der Waals surface area contributed by atoms with Crippen molar-refractivity contribution in [3.63, 3.8) is 0 Å². The molecule has 1 aromatic heterocycles. The minimum absolute atomic E-state index is 0.00549. The first-order valence-electron chi connectivity index (χ1n) is 12.8. The van der Waals surface area contributed by atoms with Gasteiger partial charge in [-0.2, -0.15) is 9.57 Å². The van der Waals surface area contributed by atoms with Crippen LogP contribution in [0.4, 0.5) is 0 Å². The number of nitriles is 1. The number of carbonyl (C=O) groups is 2. The Kier molecular flexibility index (Phi) is 8.82. The fraction of sp³-hybridized carbons (Fsp3) is 0.393. The van der Waals surface area contributed by atoms with Crippen LogP contribution in [0.25, 0.3) is 10.1 Å². The van der Waals surface area contributed by atoms with E-state index in [1.165, 1.54) is 27.8 Å². The second-order valence-electron chi connectivity index (χ2n) is 9.95. The topological polar surface area (TPSA) is 119 Å². The maximum atomic E-state index is 13.3. The van der Waals surface area contributed by atoms with Crippen LogP contribution in [0, 0.1) is 17.2 Å². The van der Waals surface area contributed by atoms with Gasteiger partial charge in [0.05, 0.1) is 15.3 Å². The smallest absolute Gasteiger partial charge is 0.262 e. The van der Waals surface area contributed by atoms with E-state index in [1.54, 1.807) is 12.1 Å². The van der Waals surface area contributed by atoms with Crippen LogP contribution in [0.15, 0.2) is 59.5 Å². The third-order valence-corrected chi connectivity index (χ3v) is 9.71. The molecule has 3 aromatic rings. The van der Waals surface area contributed by atoms with E-state index >= 15 is 0 Å². The molecule has 38 heavy (non-hydrogen) atoms.